The van der Waals surface area contributed by atoms with Gasteiger partial charge in [-0.1, -0.05) is 12.1 Å². The zero-order valence-corrected chi connectivity index (χ0v) is 12.8. The van der Waals surface area contributed by atoms with E-state index in [1.807, 2.05) is 0 Å². The molecule has 22 heavy (non-hydrogen) atoms. The van der Waals surface area contributed by atoms with Crippen molar-refractivity contribution in [2.75, 3.05) is 19.4 Å². The van der Waals surface area contributed by atoms with Crippen LogP contribution in [0.25, 0.3) is 6.08 Å². The molecule has 1 saturated heterocycles. The Kier molecular flexibility index (Phi) is 4.48. The monoisotopic (exact) mass is 307 g/mol. The molecule has 0 N–H and O–H groups in total. The summed E-state index contributed by atoms with van der Waals surface area (Å²) in [6, 6.07) is 6.83. The molecule has 1 aliphatic rings. The predicted molar refractivity (Wildman–Crippen MR) is 77.2 cm³/mol. The van der Waals surface area contributed by atoms with Crippen molar-refractivity contribution < 1.29 is 28.7 Å². The van der Waals surface area contributed by atoms with Gasteiger partial charge < -0.3 is 9.47 Å². The van der Waals surface area contributed by atoms with Crippen molar-refractivity contribution >= 4 is 23.7 Å². The number of benzene rings is 1. The van der Waals surface area contributed by atoms with Crippen molar-refractivity contribution in [1.82, 2.24) is 0 Å². The lowest BCUT2D eigenvalue weighted by Gasteiger charge is -2.29. The van der Waals surface area contributed by atoms with Crippen molar-refractivity contribution in [2.45, 2.75) is 19.6 Å². The number of hydrogen-bond acceptors (Lipinski definition) is 7. The second-order valence-corrected chi connectivity index (χ2v) is 4.95. The van der Waals surface area contributed by atoms with Gasteiger partial charge in [-0.15, -0.1) is 5.23 Å². The van der Waals surface area contributed by atoms with Gasteiger partial charge in [0.25, 0.3) is 5.79 Å². The Morgan fingerprint density at radius 2 is 1.50 bits per heavy atom. The highest BCUT2D eigenvalue weighted by Gasteiger charge is 2.38. The second kappa shape index (κ2) is 6.17. The third kappa shape index (κ3) is 3.44. The summed E-state index contributed by atoms with van der Waals surface area (Å²) in [5.41, 5.74) is 1.14. The first-order valence-corrected chi connectivity index (χ1v) is 6.53. The van der Waals surface area contributed by atoms with E-state index < -0.39 is 17.7 Å². The molecule has 0 aromatic heterocycles. The molecule has 118 valence electrons. The number of carbonyl (C=O) groups excluding carboxylic acids is 2. The van der Waals surface area contributed by atoms with E-state index in [2.05, 4.69) is 0 Å². The number of hydrogen-bond donors (Lipinski definition) is 0. The van der Waals surface area contributed by atoms with Crippen LogP contribution in [0.15, 0.2) is 29.8 Å². The summed E-state index contributed by atoms with van der Waals surface area (Å²) in [6.45, 7) is 3.00. The van der Waals surface area contributed by atoms with E-state index in [1.54, 1.807) is 24.3 Å². The fourth-order valence-electron chi connectivity index (χ4n) is 1.92. The van der Waals surface area contributed by atoms with Crippen molar-refractivity contribution in [1.29, 1.82) is 0 Å². The Morgan fingerprint density at radius 3 is 1.95 bits per heavy atom. The molecular formula is C15H17NO6. The van der Waals surface area contributed by atoms with Crippen molar-refractivity contribution in [3.8, 4) is 0 Å². The summed E-state index contributed by atoms with van der Waals surface area (Å²) in [4.78, 5) is 33.7. The van der Waals surface area contributed by atoms with Crippen LogP contribution in [0, 0.1) is 0 Å². The van der Waals surface area contributed by atoms with Crippen molar-refractivity contribution in [2.24, 2.45) is 0 Å². The molecule has 0 amide bonds. The second-order valence-electron chi connectivity index (χ2n) is 4.95. The van der Waals surface area contributed by atoms with Gasteiger partial charge in [-0.25, -0.2) is 9.59 Å². The topological polar surface area (TPSA) is 74.3 Å². The number of cyclic esters (lactones) is 2. The van der Waals surface area contributed by atoms with Crippen LogP contribution in [-0.2, 0) is 28.7 Å². The Morgan fingerprint density at radius 1 is 1.00 bits per heavy atom. The summed E-state index contributed by atoms with van der Waals surface area (Å²) >= 11 is 0. The minimum absolute atomic E-state index is 0.151. The fraction of sp³-hybridized carbons (Fsp3) is 0.333. The van der Waals surface area contributed by atoms with E-state index in [0.717, 1.165) is 0 Å². The lowest BCUT2D eigenvalue weighted by Crippen LogP contribution is -2.41. The maximum atomic E-state index is 11.9. The SMILES string of the molecule is CON(OC)c1ccc(C=C2C(=O)OC(C)(C)OC2=O)cc1. The molecule has 0 unspecified atom stereocenters. The van der Waals surface area contributed by atoms with Gasteiger partial charge in [-0.05, 0) is 23.8 Å². The smallest absolute Gasteiger partial charge is 0.348 e. The maximum absolute atomic E-state index is 11.9. The number of ether oxygens (including phenoxy) is 2. The van der Waals surface area contributed by atoms with Crippen LogP contribution >= 0.6 is 0 Å². The molecule has 1 heterocycles. The van der Waals surface area contributed by atoms with E-state index in [9.17, 15) is 9.59 Å². The molecule has 1 aromatic rings. The van der Waals surface area contributed by atoms with Crippen LogP contribution in [0.2, 0.25) is 0 Å². The molecule has 7 heteroatoms. The first-order valence-electron chi connectivity index (χ1n) is 6.53. The number of carbonyl (C=O) groups is 2. The van der Waals surface area contributed by atoms with Crippen molar-refractivity contribution in [3.05, 3.63) is 35.4 Å². The van der Waals surface area contributed by atoms with E-state index in [0.29, 0.717) is 11.3 Å². The van der Waals surface area contributed by atoms with Crippen LogP contribution in [0.5, 0.6) is 0 Å². The van der Waals surface area contributed by atoms with E-state index in [1.165, 1.54) is 39.4 Å². The van der Waals surface area contributed by atoms with Gasteiger partial charge >= 0.3 is 11.9 Å². The minimum atomic E-state index is -1.24. The van der Waals surface area contributed by atoms with E-state index in [-0.39, 0.29) is 5.57 Å². The fourth-order valence-corrected chi connectivity index (χ4v) is 1.92. The lowest BCUT2D eigenvalue weighted by atomic mass is 10.1. The predicted octanol–water partition coefficient (Wildman–Crippen LogP) is 1.84. The van der Waals surface area contributed by atoms with Gasteiger partial charge in [0.1, 0.15) is 5.57 Å². The third-order valence-electron chi connectivity index (χ3n) is 2.86. The van der Waals surface area contributed by atoms with Gasteiger partial charge in [-0.3, -0.25) is 9.68 Å². The normalized spacial score (nSPS) is 16.8. The van der Waals surface area contributed by atoms with Gasteiger partial charge in [0, 0.05) is 13.8 Å². The summed E-state index contributed by atoms with van der Waals surface area (Å²) in [7, 11) is 2.93. The number of rotatable bonds is 4. The van der Waals surface area contributed by atoms with Crippen LogP contribution in [0.1, 0.15) is 19.4 Å². The first-order chi connectivity index (χ1) is 10.4. The Labute approximate surface area is 127 Å². The highest BCUT2D eigenvalue weighted by atomic mass is 16.9. The number of nitrogens with zero attached hydrogens (tertiary/aromatic N) is 1. The van der Waals surface area contributed by atoms with E-state index >= 15 is 0 Å². The summed E-state index contributed by atoms with van der Waals surface area (Å²) < 4.78 is 10.1. The molecule has 0 radical (unpaired) electrons. The standard InChI is InChI=1S/C15H17NO6/c1-15(2)21-13(17)12(14(18)22-15)9-10-5-7-11(8-6-10)16(19-3)20-4/h5-9H,1-4H3. The largest absolute Gasteiger partial charge is 0.419 e. The highest BCUT2D eigenvalue weighted by Crippen LogP contribution is 2.24. The average molecular weight is 307 g/mol. The van der Waals surface area contributed by atoms with E-state index in [4.69, 9.17) is 19.1 Å². The van der Waals surface area contributed by atoms with Gasteiger partial charge in [0.2, 0.25) is 0 Å². The van der Waals surface area contributed by atoms with Gasteiger partial charge in [0.05, 0.1) is 19.9 Å². The van der Waals surface area contributed by atoms with Gasteiger partial charge in [-0.2, -0.15) is 0 Å². The summed E-state index contributed by atoms with van der Waals surface area (Å²) in [5.74, 6) is -2.66. The van der Waals surface area contributed by atoms with Crippen LogP contribution < -0.4 is 5.23 Å². The molecular weight excluding hydrogens is 290 g/mol. The average Bonchev–Trinajstić information content (AvgIpc) is 2.45. The zero-order chi connectivity index (χ0) is 16.3. The van der Waals surface area contributed by atoms with Crippen LogP contribution in [0.3, 0.4) is 0 Å². The Balaban J connectivity index is 2.22. The van der Waals surface area contributed by atoms with Crippen LogP contribution in [-0.4, -0.2) is 31.9 Å². The Hall–Kier alpha value is -2.38. The molecule has 0 spiro atoms. The molecule has 1 aromatic carbocycles. The highest BCUT2D eigenvalue weighted by molar-refractivity contribution is 6.18. The molecule has 2 rings (SSSR count). The van der Waals surface area contributed by atoms with Crippen molar-refractivity contribution in [3.63, 3.8) is 0 Å². The third-order valence-corrected chi connectivity index (χ3v) is 2.86. The minimum Gasteiger partial charge on any atom is -0.419 e. The number of anilines is 1. The molecule has 0 aliphatic carbocycles. The molecule has 0 saturated carbocycles. The molecule has 1 aliphatic heterocycles. The molecule has 0 bridgehead atoms. The maximum Gasteiger partial charge on any atom is 0.348 e. The summed E-state index contributed by atoms with van der Waals surface area (Å²) in [5, 5.41) is 1.21. The van der Waals surface area contributed by atoms with Crippen LogP contribution in [0.4, 0.5) is 5.69 Å². The lowest BCUT2D eigenvalue weighted by molar-refractivity contribution is -0.222. The molecule has 0 atom stereocenters. The number of esters is 2. The quantitative estimate of drug-likeness (QED) is 0.363. The molecule has 1 fully saturated rings. The Bertz CT molecular complexity index is 579. The van der Waals surface area contributed by atoms with Gasteiger partial charge in [0.15, 0.2) is 0 Å². The summed E-state index contributed by atoms with van der Waals surface area (Å²) in [6.07, 6.45) is 1.41. The molecule has 7 nitrogen and oxygen atoms in total. The zero-order valence-electron chi connectivity index (χ0n) is 12.8. The first kappa shape index (κ1) is 16.0.